The largest absolute Gasteiger partial charge is 0.494 e. The van der Waals surface area contributed by atoms with Crippen LogP contribution in [-0.2, 0) is 16.0 Å². The molecule has 32 heavy (non-hydrogen) atoms. The fourth-order valence-electron chi connectivity index (χ4n) is 3.42. The van der Waals surface area contributed by atoms with Gasteiger partial charge in [-0.3, -0.25) is 9.59 Å². The van der Waals surface area contributed by atoms with Gasteiger partial charge in [0.1, 0.15) is 5.75 Å². The summed E-state index contributed by atoms with van der Waals surface area (Å²) in [5.74, 6) is 0.407. The number of amides is 2. The molecular formula is C27H30N2O3. The summed E-state index contributed by atoms with van der Waals surface area (Å²) < 4.78 is 5.52. The Morgan fingerprint density at radius 1 is 0.844 bits per heavy atom. The van der Waals surface area contributed by atoms with Crippen LogP contribution < -0.4 is 15.4 Å². The lowest BCUT2D eigenvalue weighted by atomic mass is 9.98. The number of rotatable bonds is 10. The SMILES string of the molecule is CCOc1ccc(C(NC(=O)CNC(=O)CCc2ccc(C)cc2)c2ccccc2)cc1. The van der Waals surface area contributed by atoms with Gasteiger partial charge in [-0.2, -0.15) is 0 Å². The average Bonchev–Trinajstić information content (AvgIpc) is 2.82. The molecule has 166 valence electrons. The Hall–Kier alpha value is -3.60. The second kappa shape index (κ2) is 11.7. The molecule has 0 radical (unpaired) electrons. The fraction of sp³-hybridized carbons (Fsp3) is 0.259. The summed E-state index contributed by atoms with van der Waals surface area (Å²) in [6, 6.07) is 25.3. The van der Waals surface area contributed by atoms with Crippen LogP contribution in [-0.4, -0.2) is 25.0 Å². The van der Waals surface area contributed by atoms with Gasteiger partial charge in [0.15, 0.2) is 0 Å². The quantitative estimate of drug-likeness (QED) is 0.503. The van der Waals surface area contributed by atoms with Crippen molar-refractivity contribution in [1.29, 1.82) is 0 Å². The third-order valence-corrected chi connectivity index (χ3v) is 5.17. The van der Waals surface area contributed by atoms with Gasteiger partial charge in [0, 0.05) is 6.42 Å². The lowest BCUT2D eigenvalue weighted by Crippen LogP contribution is -2.39. The first-order valence-electron chi connectivity index (χ1n) is 10.9. The molecule has 2 N–H and O–H groups in total. The highest BCUT2D eigenvalue weighted by molar-refractivity contribution is 5.85. The molecule has 0 aliphatic heterocycles. The zero-order chi connectivity index (χ0) is 22.8. The molecule has 2 amide bonds. The Balaban J connectivity index is 1.57. The summed E-state index contributed by atoms with van der Waals surface area (Å²) in [4.78, 5) is 24.8. The van der Waals surface area contributed by atoms with E-state index in [1.165, 1.54) is 5.56 Å². The molecule has 5 heteroatoms. The third-order valence-electron chi connectivity index (χ3n) is 5.17. The van der Waals surface area contributed by atoms with Crippen LogP contribution in [0.4, 0.5) is 0 Å². The van der Waals surface area contributed by atoms with Crippen molar-refractivity contribution in [2.45, 2.75) is 32.7 Å². The van der Waals surface area contributed by atoms with E-state index in [2.05, 4.69) is 10.6 Å². The van der Waals surface area contributed by atoms with Gasteiger partial charge in [0.25, 0.3) is 0 Å². The molecule has 0 aromatic heterocycles. The van der Waals surface area contributed by atoms with Gasteiger partial charge in [-0.25, -0.2) is 0 Å². The third kappa shape index (κ3) is 6.98. The molecule has 0 heterocycles. The van der Waals surface area contributed by atoms with E-state index >= 15 is 0 Å². The molecule has 1 unspecified atom stereocenters. The molecule has 3 rings (SSSR count). The van der Waals surface area contributed by atoms with Crippen LogP contribution >= 0.6 is 0 Å². The van der Waals surface area contributed by atoms with Gasteiger partial charge in [-0.1, -0.05) is 72.3 Å². The highest BCUT2D eigenvalue weighted by Gasteiger charge is 2.17. The first-order chi connectivity index (χ1) is 15.5. The molecule has 0 aliphatic rings. The van der Waals surface area contributed by atoms with E-state index in [9.17, 15) is 9.59 Å². The standard InChI is InChI=1S/C27H30N2O3/c1-3-32-24-16-14-23(15-17-24)27(22-7-5-4-6-8-22)29-26(31)19-28-25(30)18-13-21-11-9-20(2)10-12-21/h4-12,14-17,27H,3,13,18-19H2,1-2H3,(H,28,30)(H,29,31). The van der Waals surface area contributed by atoms with E-state index in [-0.39, 0.29) is 24.4 Å². The summed E-state index contributed by atoms with van der Waals surface area (Å²) in [5.41, 5.74) is 4.21. The van der Waals surface area contributed by atoms with E-state index in [1.54, 1.807) is 0 Å². The number of ether oxygens (including phenoxy) is 1. The molecule has 3 aromatic carbocycles. The number of carbonyl (C=O) groups excluding carboxylic acids is 2. The Bertz CT molecular complexity index is 999. The van der Waals surface area contributed by atoms with E-state index in [4.69, 9.17) is 4.74 Å². The minimum Gasteiger partial charge on any atom is -0.494 e. The van der Waals surface area contributed by atoms with Crippen molar-refractivity contribution in [3.8, 4) is 5.75 Å². The predicted molar refractivity (Wildman–Crippen MR) is 127 cm³/mol. The van der Waals surface area contributed by atoms with Crippen molar-refractivity contribution in [3.05, 3.63) is 101 Å². The Morgan fingerprint density at radius 2 is 1.50 bits per heavy atom. The van der Waals surface area contributed by atoms with Gasteiger partial charge in [0.05, 0.1) is 19.2 Å². The fourth-order valence-corrected chi connectivity index (χ4v) is 3.42. The normalized spacial score (nSPS) is 11.4. The Kier molecular flexibility index (Phi) is 8.44. The molecular weight excluding hydrogens is 400 g/mol. The smallest absolute Gasteiger partial charge is 0.240 e. The van der Waals surface area contributed by atoms with Gasteiger partial charge in [-0.15, -0.1) is 0 Å². The van der Waals surface area contributed by atoms with E-state index in [1.807, 2.05) is 92.7 Å². The number of aryl methyl sites for hydroxylation is 2. The zero-order valence-corrected chi connectivity index (χ0v) is 18.6. The molecule has 3 aromatic rings. The summed E-state index contributed by atoms with van der Waals surface area (Å²) in [5, 5.41) is 5.77. The topological polar surface area (TPSA) is 67.4 Å². The van der Waals surface area contributed by atoms with Gasteiger partial charge in [0.2, 0.25) is 11.8 Å². The zero-order valence-electron chi connectivity index (χ0n) is 18.6. The van der Waals surface area contributed by atoms with Crippen molar-refractivity contribution in [2.75, 3.05) is 13.2 Å². The highest BCUT2D eigenvalue weighted by atomic mass is 16.5. The summed E-state index contributed by atoms with van der Waals surface area (Å²) in [6.07, 6.45) is 0.990. The first kappa shape index (κ1) is 23.1. The van der Waals surface area contributed by atoms with Crippen molar-refractivity contribution in [1.82, 2.24) is 10.6 Å². The Labute approximate surface area is 189 Å². The minimum atomic E-state index is -0.316. The Morgan fingerprint density at radius 3 is 2.16 bits per heavy atom. The molecule has 0 fully saturated rings. The number of carbonyl (C=O) groups is 2. The molecule has 0 bridgehead atoms. The number of benzene rings is 3. The summed E-state index contributed by atoms with van der Waals surface area (Å²) in [7, 11) is 0. The maximum absolute atomic E-state index is 12.6. The van der Waals surface area contributed by atoms with Gasteiger partial charge in [-0.05, 0) is 49.1 Å². The van der Waals surface area contributed by atoms with Crippen LogP contribution in [0.2, 0.25) is 0 Å². The van der Waals surface area contributed by atoms with Crippen molar-refractivity contribution in [3.63, 3.8) is 0 Å². The first-order valence-corrected chi connectivity index (χ1v) is 10.9. The second-order valence-corrected chi connectivity index (χ2v) is 7.68. The molecule has 0 saturated carbocycles. The number of hydrogen-bond donors (Lipinski definition) is 2. The molecule has 5 nitrogen and oxygen atoms in total. The van der Waals surface area contributed by atoms with Crippen LogP contribution in [0.1, 0.15) is 41.6 Å². The van der Waals surface area contributed by atoms with Gasteiger partial charge >= 0.3 is 0 Å². The van der Waals surface area contributed by atoms with Crippen LogP contribution in [0.15, 0.2) is 78.9 Å². The van der Waals surface area contributed by atoms with Crippen molar-refractivity contribution >= 4 is 11.8 Å². The van der Waals surface area contributed by atoms with E-state index < -0.39 is 0 Å². The van der Waals surface area contributed by atoms with Crippen LogP contribution in [0.3, 0.4) is 0 Å². The van der Waals surface area contributed by atoms with Crippen LogP contribution in [0, 0.1) is 6.92 Å². The maximum Gasteiger partial charge on any atom is 0.240 e. The summed E-state index contributed by atoms with van der Waals surface area (Å²) >= 11 is 0. The van der Waals surface area contributed by atoms with Crippen molar-refractivity contribution < 1.29 is 14.3 Å². The second-order valence-electron chi connectivity index (χ2n) is 7.68. The molecule has 1 atom stereocenters. The van der Waals surface area contributed by atoms with E-state index in [0.717, 1.165) is 22.4 Å². The predicted octanol–water partition coefficient (Wildman–Crippen LogP) is 4.35. The van der Waals surface area contributed by atoms with Crippen LogP contribution in [0.25, 0.3) is 0 Å². The lowest BCUT2D eigenvalue weighted by Gasteiger charge is -2.20. The molecule has 0 spiro atoms. The monoisotopic (exact) mass is 430 g/mol. The minimum absolute atomic E-state index is 0.0624. The summed E-state index contributed by atoms with van der Waals surface area (Å²) in [6.45, 7) is 4.51. The lowest BCUT2D eigenvalue weighted by molar-refractivity contribution is -0.126. The average molecular weight is 431 g/mol. The molecule has 0 aliphatic carbocycles. The van der Waals surface area contributed by atoms with E-state index in [0.29, 0.717) is 19.4 Å². The maximum atomic E-state index is 12.6. The van der Waals surface area contributed by atoms with Crippen molar-refractivity contribution in [2.24, 2.45) is 0 Å². The van der Waals surface area contributed by atoms with Crippen LogP contribution in [0.5, 0.6) is 5.75 Å². The van der Waals surface area contributed by atoms with Gasteiger partial charge < -0.3 is 15.4 Å². The number of hydrogen-bond acceptors (Lipinski definition) is 3. The number of nitrogens with one attached hydrogen (secondary N) is 2. The molecule has 0 saturated heterocycles. The highest BCUT2D eigenvalue weighted by Crippen LogP contribution is 2.24.